The highest BCUT2D eigenvalue weighted by molar-refractivity contribution is 7.89. The highest BCUT2D eigenvalue weighted by atomic mass is 32.2. The van der Waals surface area contributed by atoms with Crippen molar-refractivity contribution < 1.29 is 8.42 Å². The number of sulfonamides is 1. The molecule has 2 atom stereocenters. The van der Waals surface area contributed by atoms with Crippen LogP contribution in [0.3, 0.4) is 0 Å². The van der Waals surface area contributed by atoms with Crippen molar-refractivity contribution in [2.75, 3.05) is 24.2 Å². The lowest BCUT2D eigenvalue weighted by molar-refractivity contribution is 0.170. The van der Waals surface area contributed by atoms with Crippen LogP contribution in [0.1, 0.15) is 65.5 Å². The van der Waals surface area contributed by atoms with E-state index < -0.39 is 10.0 Å². The number of pyridine rings is 2. The molecule has 2 heterocycles. The molecule has 0 bridgehead atoms. The van der Waals surface area contributed by atoms with Gasteiger partial charge in [0.2, 0.25) is 10.0 Å². The lowest BCUT2D eigenvalue weighted by Crippen LogP contribution is -2.48. The number of hydrogen-bond acceptors (Lipinski definition) is 6. The van der Waals surface area contributed by atoms with Crippen LogP contribution in [-0.2, 0) is 10.0 Å². The van der Waals surface area contributed by atoms with E-state index in [1.165, 1.54) is 6.20 Å². The van der Waals surface area contributed by atoms with Gasteiger partial charge in [-0.15, -0.1) is 0 Å². The van der Waals surface area contributed by atoms with E-state index in [1.54, 1.807) is 18.3 Å². The Morgan fingerprint density at radius 3 is 2.56 bits per heavy atom. The predicted molar refractivity (Wildman–Crippen MR) is 130 cm³/mol. The zero-order valence-corrected chi connectivity index (χ0v) is 20.9. The molecule has 3 rings (SSSR count). The Balaban J connectivity index is 1.79. The first kappa shape index (κ1) is 24.5. The number of hydrogen-bond donors (Lipinski definition) is 3. The van der Waals surface area contributed by atoms with Crippen LogP contribution in [0.4, 0.5) is 11.5 Å². The van der Waals surface area contributed by atoms with Crippen LogP contribution >= 0.6 is 0 Å². The summed E-state index contributed by atoms with van der Waals surface area (Å²) >= 11 is 0. The first-order chi connectivity index (χ1) is 14.9. The molecule has 2 aromatic rings. The molecule has 176 valence electrons. The molecular formula is C24H37N5O2S. The Kier molecular flexibility index (Phi) is 7.15. The van der Waals surface area contributed by atoms with E-state index >= 15 is 0 Å². The molecule has 7 nitrogen and oxygen atoms in total. The molecule has 1 aliphatic rings. The molecule has 8 heteroatoms. The standard InChI is InChI=1S/C24H37N5O2S/c1-23(2,3)16-27-20-10-9-19(28-22(20)25-6)17-11-12-24(4,5)21(14-17)29-32(30,31)18-8-7-13-26-15-18/h7-10,13,15,17,21,27,29H,11-12,14,16H2,1-6H3,(H,25,28). The molecule has 0 saturated heterocycles. The summed E-state index contributed by atoms with van der Waals surface area (Å²) in [6.45, 7) is 11.7. The Morgan fingerprint density at radius 1 is 1.19 bits per heavy atom. The first-order valence-corrected chi connectivity index (χ1v) is 12.7. The van der Waals surface area contributed by atoms with E-state index in [0.717, 1.165) is 36.6 Å². The van der Waals surface area contributed by atoms with Gasteiger partial charge in [-0.2, -0.15) is 0 Å². The fourth-order valence-corrected chi connectivity index (χ4v) is 5.46. The number of nitrogens with zero attached hydrogens (tertiary/aromatic N) is 2. The van der Waals surface area contributed by atoms with Crippen LogP contribution < -0.4 is 15.4 Å². The third-order valence-electron chi connectivity index (χ3n) is 6.22. The summed E-state index contributed by atoms with van der Waals surface area (Å²) in [5.74, 6) is 1.01. The van der Waals surface area contributed by atoms with Crippen molar-refractivity contribution >= 4 is 21.5 Å². The Bertz CT molecular complexity index is 1020. The van der Waals surface area contributed by atoms with Gasteiger partial charge in [-0.25, -0.2) is 18.1 Å². The van der Waals surface area contributed by atoms with E-state index in [9.17, 15) is 8.42 Å². The highest BCUT2D eigenvalue weighted by Gasteiger charge is 2.39. The van der Waals surface area contributed by atoms with Gasteiger partial charge in [0.05, 0.1) is 5.69 Å². The molecule has 0 spiro atoms. The Morgan fingerprint density at radius 2 is 1.94 bits per heavy atom. The van der Waals surface area contributed by atoms with Gasteiger partial charge in [-0.3, -0.25) is 4.98 Å². The third kappa shape index (κ3) is 5.98. The van der Waals surface area contributed by atoms with Crippen molar-refractivity contribution in [3.8, 4) is 0 Å². The second-order valence-corrected chi connectivity index (χ2v) is 12.3. The maximum absolute atomic E-state index is 12.9. The molecule has 1 aliphatic carbocycles. The van der Waals surface area contributed by atoms with E-state index in [1.807, 2.05) is 7.05 Å². The smallest absolute Gasteiger partial charge is 0.242 e. The quantitative estimate of drug-likeness (QED) is 0.559. The van der Waals surface area contributed by atoms with Crippen molar-refractivity contribution in [3.05, 3.63) is 42.4 Å². The summed E-state index contributed by atoms with van der Waals surface area (Å²) in [6, 6.07) is 7.18. The fourth-order valence-electron chi connectivity index (χ4n) is 4.07. The molecule has 2 unspecified atom stereocenters. The van der Waals surface area contributed by atoms with Crippen LogP contribution in [0.5, 0.6) is 0 Å². The van der Waals surface area contributed by atoms with Gasteiger partial charge in [0.25, 0.3) is 0 Å². The summed E-state index contributed by atoms with van der Waals surface area (Å²) in [6.07, 6.45) is 5.56. The Hall–Kier alpha value is -2.19. The molecule has 0 radical (unpaired) electrons. The second-order valence-electron chi connectivity index (χ2n) is 10.6. The van der Waals surface area contributed by atoms with Gasteiger partial charge in [0.1, 0.15) is 10.7 Å². The molecule has 2 aromatic heterocycles. The zero-order chi connectivity index (χ0) is 23.6. The van der Waals surface area contributed by atoms with Crippen molar-refractivity contribution in [2.24, 2.45) is 10.8 Å². The van der Waals surface area contributed by atoms with E-state index in [-0.39, 0.29) is 27.7 Å². The molecule has 3 N–H and O–H groups in total. The summed E-state index contributed by atoms with van der Waals surface area (Å²) in [4.78, 5) is 9.05. The van der Waals surface area contributed by atoms with E-state index in [2.05, 4.69) is 67.1 Å². The predicted octanol–water partition coefficient (Wildman–Crippen LogP) is 4.62. The molecule has 32 heavy (non-hydrogen) atoms. The molecule has 0 aromatic carbocycles. The van der Waals surface area contributed by atoms with Gasteiger partial charge in [-0.1, -0.05) is 34.6 Å². The van der Waals surface area contributed by atoms with Crippen molar-refractivity contribution in [1.82, 2.24) is 14.7 Å². The maximum Gasteiger partial charge on any atom is 0.242 e. The SMILES string of the molecule is CNc1nc(C2CCC(C)(C)C(NS(=O)(=O)c3cccnc3)C2)ccc1NCC(C)(C)C. The normalized spacial score (nSPS) is 21.2. The van der Waals surface area contributed by atoms with Gasteiger partial charge in [-0.05, 0) is 54.4 Å². The summed E-state index contributed by atoms with van der Waals surface area (Å²) in [7, 11) is -1.75. The second kappa shape index (κ2) is 9.35. The number of rotatable bonds is 7. The van der Waals surface area contributed by atoms with Crippen molar-refractivity contribution in [3.63, 3.8) is 0 Å². The summed E-state index contributed by atoms with van der Waals surface area (Å²) < 4.78 is 28.8. The van der Waals surface area contributed by atoms with E-state index in [4.69, 9.17) is 4.98 Å². The van der Waals surface area contributed by atoms with Crippen LogP contribution in [0.15, 0.2) is 41.6 Å². The number of aromatic nitrogens is 2. The highest BCUT2D eigenvalue weighted by Crippen LogP contribution is 2.43. The van der Waals surface area contributed by atoms with E-state index in [0.29, 0.717) is 6.42 Å². The molecule has 0 amide bonds. The lowest BCUT2D eigenvalue weighted by Gasteiger charge is -2.42. The molecule has 1 fully saturated rings. The van der Waals surface area contributed by atoms with Crippen LogP contribution in [0.25, 0.3) is 0 Å². The van der Waals surface area contributed by atoms with Gasteiger partial charge in [0.15, 0.2) is 0 Å². The maximum atomic E-state index is 12.9. The van der Waals surface area contributed by atoms with Gasteiger partial charge in [0, 0.05) is 43.6 Å². The van der Waals surface area contributed by atoms with Crippen molar-refractivity contribution in [1.29, 1.82) is 0 Å². The largest absolute Gasteiger partial charge is 0.382 e. The van der Waals surface area contributed by atoms with Crippen LogP contribution in [-0.4, -0.2) is 38.0 Å². The molecule has 0 aliphatic heterocycles. The average molecular weight is 460 g/mol. The monoisotopic (exact) mass is 459 g/mol. The van der Waals surface area contributed by atoms with Crippen molar-refractivity contribution in [2.45, 2.75) is 70.7 Å². The Labute approximate surface area is 192 Å². The minimum Gasteiger partial charge on any atom is -0.382 e. The first-order valence-electron chi connectivity index (χ1n) is 11.3. The third-order valence-corrected chi connectivity index (χ3v) is 7.68. The molecular weight excluding hydrogens is 422 g/mol. The summed E-state index contributed by atoms with van der Waals surface area (Å²) in [5, 5.41) is 6.69. The fraction of sp³-hybridized carbons (Fsp3) is 0.583. The minimum atomic E-state index is -3.63. The average Bonchev–Trinajstić information content (AvgIpc) is 2.73. The molecule has 1 saturated carbocycles. The van der Waals surface area contributed by atoms with Crippen LogP contribution in [0.2, 0.25) is 0 Å². The topological polar surface area (TPSA) is 96.0 Å². The summed E-state index contributed by atoms with van der Waals surface area (Å²) in [5.41, 5.74) is 2.00. The lowest BCUT2D eigenvalue weighted by atomic mass is 9.69. The zero-order valence-electron chi connectivity index (χ0n) is 20.1. The minimum absolute atomic E-state index is 0.147. The number of nitrogens with one attached hydrogen (secondary N) is 3. The van der Waals surface area contributed by atoms with Gasteiger partial charge < -0.3 is 10.6 Å². The number of anilines is 2. The van der Waals surface area contributed by atoms with Crippen LogP contribution in [0, 0.1) is 10.8 Å². The van der Waals surface area contributed by atoms with Gasteiger partial charge >= 0.3 is 0 Å².